The molecule has 1 saturated carbocycles. The molecule has 3 atom stereocenters. The summed E-state index contributed by atoms with van der Waals surface area (Å²) in [7, 11) is 2.31. The van der Waals surface area contributed by atoms with Gasteiger partial charge < -0.3 is 4.98 Å². The van der Waals surface area contributed by atoms with Gasteiger partial charge in [0.15, 0.2) is 0 Å². The quantitative estimate of drug-likeness (QED) is 0.778. The third-order valence-corrected chi connectivity index (χ3v) is 6.21. The Labute approximate surface area is 135 Å². The van der Waals surface area contributed by atoms with E-state index in [1.54, 1.807) is 5.56 Å². The fourth-order valence-corrected chi connectivity index (χ4v) is 4.96. The molecule has 112 valence electrons. The van der Waals surface area contributed by atoms with E-state index in [0.717, 1.165) is 11.8 Å². The first-order valence-corrected chi connectivity index (χ1v) is 8.94. The topological polar surface area (TPSA) is 19.0 Å². The van der Waals surface area contributed by atoms with Crippen molar-refractivity contribution in [3.05, 3.63) is 33.9 Å². The zero-order valence-electron chi connectivity index (χ0n) is 12.8. The summed E-state index contributed by atoms with van der Waals surface area (Å²) < 4.78 is 1.18. The van der Waals surface area contributed by atoms with Gasteiger partial charge in [-0.05, 0) is 55.5 Å². The fourth-order valence-electron chi connectivity index (χ4n) is 4.59. The Kier molecular flexibility index (Phi) is 3.38. The van der Waals surface area contributed by atoms with Crippen LogP contribution in [0.3, 0.4) is 0 Å². The van der Waals surface area contributed by atoms with Crippen LogP contribution in [0.4, 0.5) is 0 Å². The van der Waals surface area contributed by atoms with Crippen molar-refractivity contribution in [1.29, 1.82) is 0 Å². The SMILES string of the molecule is CC1CCC[C@H]1[C@@H]1c2[nH]c3ccc(Br)cc3c2CCN1C. The third-order valence-electron chi connectivity index (χ3n) is 5.72. The highest BCUT2D eigenvalue weighted by Crippen LogP contribution is 2.46. The molecule has 1 unspecified atom stereocenters. The molecule has 0 amide bonds. The molecule has 2 aliphatic rings. The second kappa shape index (κ2) is 5.13. The predicted molar refractivity (Wildman–Crippen MR) is 91.6 cm³/mol. The Morgan fingerprint density at radius 1 is 1.29 bits per heavy atom. The first-order chi connectivity index (χ1) is 10.1. The number of fused-ring (bicyclic) bond motifs is 3. The monoisotopic (exact) mass is 346 g/mol. The lowest BCUT2D eigenvalue weighted by Crippen LogP contribution is -2.37. The smallest absolute Gasteiger partial charge is 0.0529 e. The van der Waals surface area contributed by atoms with Crippen molar-refractivity contribution in [3.8, 4) is 0 Å². The molecule has 3 heteroatoms. The maximum Gasteiger partial charge on any atom is 0.0529 e. The number of aromatic amines is 1. The molecule has 1 N–H and O–H groups in total. The largest absolute Gasteiger partial charge is 0.357 e. The van der Waals surface area contributed by atoms with Crippen molar-refractivity contribution >= 4 is 26.8 Å². The van der Waals surface area contributed by atoms with E-state index in [1.165, 1.54) is 53.3 Å². The molecule has 1 aromatic carbocycles. The predicted octanol–water partition coefficient (Wildman–Crippen LogP) is 4.90. The number of nitrogens with one attached hydrogen (secondary N) is 1. The number of aromatic nitrogens is 1. The van der Waals surface area contributed by atoms with Gasteiger partial charge in [-0.2, -0.15) is 0 Å². The van der Waals surface area contributed by atoms with E-state index in [2.05, 4.69) is 58.0 Å². The van der Waals surface area contributed by atoms with E-state index in [9.17, 15) is 0 Å². The van der Waals surface area contributed by atoms with E-state index in [1.807, 2.05) is 0 Å². The van der Waals surface area contributed by atoms with Crippen LogP contribution in [0.2, 0.25) is 0 Å². The molecular weight excluding hydrogens is 324 g/mol. The lowest BCUT2D eigenvalue weighted by molar-refractivity contribution is 0.139. The molecule has 4 rings (SSSR count). The molecule has 0 radical (unpaired) electrons. The first kappa shape index (κ1) is 13.8. The van der Waals surface area contributed by atoms with Crippen LogP contribution in [0.25, 0.3) is 10.9 Å². The van der Waals surface area contributed by atoms with Crippen LogP contribution in [0, 0.1) is 11.8 Å². The molecule has 1 aliphatic heterocycles. The van der Waals surface area contributed by atoms with Gasteiger partial charge in [0.2, 0.25) is 0 Å². The molecule has 21 heavy (non-hydrogen) atoms. The van der Waals surface area contributed by atoms with Crippen molar-refractivity contribution < 1.29 is 0 Å². The van der Waals surface area contributed by atoms with Gasteiger partial charge in [-0.25, -0.2) is 0 Å². The van der Waals surface area contributed by atoms with Crippen molar-refractivity contribution in [3.63, 3.8) is 0 Å². The Bertz CT molecular complexity index is 675. The van der Waals surface area contributed by atoms with Crippen LogP contribution < -0.4 is 0 Å². The number of H-pyrrole nitrogens is 1. The normalized spacial score (nSPS) is 30.0. The van der Waals surface area contributed by atoms with Gasteiger partial charge >= 0.3 is 0 Å². The van der Waals surface area contributed by atoms with Crippen LogP contribution in [0.15, 0.2) is 22.7 Å². The highest BCUT2D eigenvalue weighted by molar-refractivity contribution is 9.10. The van der Waals surface area contributed by atoms with Crippen molar-refractivity contribution in [2.75, 3.05) is 13.6 Å². The standard InChI is InChI=1S/C18H23BrN2/c1-11-4-3-5-13(11)18-17-14(8-9-21(18)2)15-10-12(19)6-7-16(15)20-17/h6-7,10-11,13,18,20H,3-5,8-9H2,1-2H3/t11?,13-,18-/m1/s1. The van der Waals surface area contributed by atoms with E-state index < -0.39 is 0 Å². The van der Waals surface area contributed by atoms with Gasteiger partial charge in [-0.1, -0.05) is 35.7 Å². The molecule has 1 aliphatic carbocycles. The summed E-state index contributed by atoms with van der Waals surface area (Å²) in [5.74, 6) is 1.66. The average molecular weight is 347 g/mol. The summed E-state index contributed by atoms with van der Waals surface area (Å²) in [6.07, 6.45) is 5.35. The minimum absolute atomic E-state index is 0.581. The van der Waals surface area contributed by atoms with Crippen LogP contribution in [0.1, 0.15) is 43.5 Å². The van der Waals surface area contributed by atoms with Gasteiger partial charge in [0.05, 0.1) is 6.04 Å². The zero-order valence-corrected chi connectivity index (χ0v) is 14.4. The average Bonchev–Trinajstić information content (AvgIpc) is 3.02. The number of likely N-dealkylation sites (N-methyl/N-ethyl adjacent to an activating group) is 1. The van der Waals surface area contributed by atoms with Gasteiger partial charge in [0, 0.05) is 27.6 Å². The summed E-state index contributed by atoms with van der Waals surface area (Å²) >= 11 is 3.62. The molecule has 1 fully saturated rings. The van der Waals surface area contributed by atoms with Crippen LogP contribution >= 0.6 is 15.9 Å². The van der Waals surface area contributed by atoms with Gasteiger partial charge in [0.25, 0.3) is 0 Å². The molecule has 0 bridgehead atoms. The lowest BCUT2D eigenvalue weighted by atomic mass is 9.83. The number of hydrogen-bond acceptors (Lipinski definition) is 1. The number of rotatable bonds is 1. The van der Waals surface area contributed by atoms with E-state index in [0.29, 0.717) is 6.04 Å². The number of halogens is 1. The van der Waals surface area contributed by atoms with Crippen molar-refractivity contribution in [2.24, 2.45) is 11.8 Å². The van der Waals surface area contributed by atoms with Gasteiger partial charge in [-0.3, -0.25) is 4.90 Å². The molecule has 2 aromatic rings. The zero-order chi connectivity index (χ0) is 14.6. The Balaban J connectivity index is 1.85. The second-order valence-corrected chi connectivity index (χ2v) is 7.87. The van der Waals surface area contributed by atoms with Crippen molar-refractivity contribution in [2.45, 2.75) is 38.6 Å². The highest BCUT2D eigenvalue weighted by atomic mass is 79.9. The summed E-state index contributed by atoms with van der Waals surface area (Å²) in [5, 5.41) is 1.42. The minimum atomic E-state index is 0.581. The third kappa shape index (κ3) is 2.17. The summed E-state index contributed by atoms with van der Waals surface area (Å²) in [4.78, 5) is 6.34. The molecule has 2 heterocycles. The molecular formula is C18H23BrN2. The van der Waals surface area contributed by atoms with E-state index in [4.69, 9.17) is 0 Å². The number of hydrogen-bond donors (Lipinski definition) is 1. The molecule has 2 nitrogen and oxygen atoms in total. The van der Waals surface area contributed by atoms with E-state index in [-0.39, 0.29) is 0 Å². The Morgan fingerprint density at radius 2 is 2.14 bits per heavy atom. The fraction of sp³-hybridized carbons (Fsp3) is 0.556. The molecule has 0 saturated heterocycles. The van der Waals surface area contributed by atoms with Crippen LogP contribution in [-0.4, -0.2) is 23.5 Å². The van der Waals surface area contributed by atoms with Crippen LogP contribution in [-0.2, 0) is 6.42 Å². The maximum atomic E-state index is 3.76. The minimum Gasteiger partial charge on any atom is -0.357 e. The lowest BCUT2D eigenvalue weighted by Gasteiger charge is -2.38. The first-order valence-electron chi connectivity index (χ1n) is 8.15. The Hall–Kier alpha value is -0.800. The maximum absolute atomic E-state index is 3.76. The summed E-state index contributed by atoms with van der Waals surface area (Å²) in [6, 6.07) is 7.22. The second-order valence-electron chi connectivity index (χ2n) is 6.95. The molecule has 0 spiro atoms. The van der Waals surface area contributed by atoms with Gasteiger partial charge in [0.1, 0.15) is 0 Å². The number of nitrogens with zero attached hydrogens (tertiary/aromatic N) is 1. The van der Waals surface area contributed by atoms with E-state index >= 15 is 0 Å². The Morgan fingerprint density at radius 3 is 2.90 bits per heavy atom. The highest BCUT2D eigenvalue weighted by Gasteiger charge is 2.38. The summed E-state index contributed by atoms with van der Waals surface area (Å²) in [6.45, 7) is 3.62. The summed E-state index contributed by atoms with van der Waals surface area (Å²) in [5.41, 5.74) is 4.36. The number of benzene rings is 1. The molecule has 1 aromatic heterocycles. The van der Waals surface area contributed by atoms with Crippen LogP contribution in [0.5, 0.6) is 0 Å². The van der Waals surface area contributed by atoms with Crippen molar-refractivity contribution in [1.82, 2.24) is 9.88 Å². The van der Waals surface area contributed by atoms with Gasteiger partial charge in [-0.15, -0.1) is 0 Å².